The molecule has 0 fully saturated rings. The third-order valence-electron chi connectivity index (χ3n) is 2.84. The zero-order valence-corrected chi connectivity index (χ0v) is 10.9. The van der Waals surface area contributed by atoms with Crippen LogP contribution in [0.5, 0.6) is 5.75 Å². The maximum absolute atomic E-state index is 6.30. The van der Waals surface area contributed by atoms with Gasteiger partial charge in [-0.2, -0.15) is 4.98 Å². The normalized spacial score (nSPS) is 10.8. The maximum atomic E-state index is 6.30. The van der Waals surface area contributed by atoms with Crippen LogP contribution in [0, 0.1) is 0 Å². The molecule has 96 valence electrons. The van der Waals surface area contributed by atoms with Gasteiger partial charge in [0, 0.05) is 17.3 Å². The van der Waals surface area contributed by atoms with E-state index >= 15 is 0 Å². The van der Waals surface area contributed by atoms with E-state index in [9.17, 15) is 0 Å². The Labute approximate surface area is 114 Å². The molecule has 2 N–H and O–H groups in total. The van der Waals surface area contributed by atoms with Crippen LogP contribution in [0.2, 0.25) is 5.02 Å². The molecular formula is C13H11ClN4O. The molecule has 6 heteroatoms. The number of halogens is 1. The molecule has 0 unspecified atom stereocenters. The van der Waals surface area contributed by atoms with E-state index < -0.39 is 0 Å². The maximum Gasteiger partial charge on any atom is 0.240 e. The smallest absolute Gasteiger partial charge is 0.240 e. The molecule has 5 nitrogen and oxygen atoms in total. The molecule has 3 aromatic rings. The van der Waals surface area contributed by atoms with E-state index in [4.69, 9.17) is 22.1 Å². The van der Waals surface area contributed by atoms with Gasteiger partial charge in [0.1, 0.15) is 5.75 Å². The van der Waals surface area contributed by atoms with Gasteiger partial charge < -0.3 is 10.5 Å². The van der Waals surface area contributed by atoms with Gasteiger partial charge in [-0.25, -0.2) is 4.52 Å². The van der Waals surface area contributed by atoms with Gasteiger partial charge in [-0.3, -0.25) is 0 Å². The van der Waals surface area contributed by atoms with Crippen molar-refractivity contribution in [1.29, 1.82) is 0 Å². The van der Waals surface area contributed by atoms with Gasteiger partial charge in [0.05, 0.1) is 12.1 Å². The van der Waals surface area contributed by atoms with Gasteiger partial charge in [-0.15, -0.1) is 5.10 Å². The van der Waals surface area contributed by atoms with Crippen molar-refractivity contribution in [2.45, 2.75) is 0 Å². The number of hydrogen-bond acceptors (Lipinski definition) is 4. The van der Waals surface area contributed by atoms with Gasteiger partial charge >= 0.3 is 0 Å². The van der Waals surface area contributed by atoms with Gasteiger partial charge in [-0.1, -0.05) is 23.7 Å². The molecule has 1 aromatic carbocycles. The minimum absolute atomic E-state index is 0.244. The van der Waals surface area contributed by atoms with Gasteiger partial charge in [-0.05, 0) is 18.2 Å². The molecule has 0 bridgehead atoms. The minimum Gasteiger partial charge on any atom is -0.495 e. The van der Waals surface area contributed by atoms with Crippen molar-refractivity contribution in [3.8, 4) is 16.9 Å². The van der Waals surface area contributed by atoms with Crippen molar-refractivity contribution < 1.29 is 4.74 Å². The number of ether oxygens (including phenoxy) is 1. The number of fused-ring (bicyclic) bond motifs is 1. The number of aromatic nitrogens is 3. The van der Waals surface area contributed by atoms with Crippen LogP contribution >= 0.6 is 11.6 Å². The standard InChI is InChI=1S/C13H11ClN4O/c1-19-10-4-2-3-9(12(10)14)8-5-6-11-16-13(15)17-18(11)7-8/h2-7H,1H3,(H2,15,17). The first-order valence-electron chi connectivity index (χ1n) is 5.64. The molecule has 2 heterocycles. The van der Waals surface area contributed by atoms with E-state index in [2.05, 4.69) is 10.1 Å². The first-order valence-corrected chi connectivity index (χ1v) is 6.01. The zero-order valence-electron chi connectivity index (χ0n) is 10.2. The molecule has 2 aromatic heterocycles. The summed E-state index contributed by atoms with van der Waals surface area (Å²) in [4.78, 5) is 4.08. The van der Waals surface area contributed by atoms with E-state index in [-0.39, 0.29) is 5.95 Å². The van der Waals surface area contributed by atoms with Crippen molar-refractivity contribution in [3.05, 3.63) is 41.6 Å². The van der Waals surface area contributed by atoms with E-state index in [1.165, 1.54) is 0 Å². The summed E-state index contributed by atoms with van der Waals surface area (Å²) in [5, 5.41) is 4.65. The minimum atomic E-state index is 0.244. The monoisotopic (exact) mass is 274 g/mol. The lowest BCUT2D eigenvalue weighted by atomic mass is 10.1. The van der Waals surface area contributed by atoms with Crippen molar-refractivity contribution in [2.24, 2.45) is 0 Å². The number of anilines is 1. The number of nitrogens with two attached hydrogens (primary N) is 1. The van der Waals surface area contributed by atoms with Gasteiger partial charge in [0.15, 0.2) is 5.65 Å². The second-order valence-corrected chi connectivity index (χ2v) is 4.39. The first-order chi connectivity index (χ1) is 9.19. The molecule has 19 heavy (non-hydrogen) atoms. The Morgan fingerprint density at radius 3 is 2.89 bits per heavy atom. The summed E-state index contributed by atoms with van der Waals surface area (Å²) in [5.74, 6) is 0.881. The zero-order chi connectivity index (χ0) is 13.4. The number of pyridine rings is 1. The van der Waals surface area contributed by atoms with Crippen LogP contribution < -0.4 is 10.5 Å². The fourth-order valence-corrected chi connectivity index (χ4v) is 2.26. The summed E-state index contributed by atoms with van der Waals surface area (Å²) in [7, 11) is 1.59. The number of benzene rings is 1. The molecule has 0 aliphatic rings. The number of nitrogens with zero attached hydrogens (tertiary/aromatic N) is 3. The Hall–Kier alpha value is -2.27. The fraction of sp³-hybridized carbons (Fsp3) is 0.0769. The molecule has 0 amide bonds. The van der Waals surface area contributed by atoms with Crippen molar-refractivity contribution >= 4 is 23.2 Å². The van der Waals surface area contributed by atoms with Crippen LogP contribution in [0.4, 0.5) is 5.95 Å². The van der Waals surface area contributed by atoms with Gasteiger partial charge in [0.2, 0.25) is 5.95 Å². The number of hydrogen-bond donors (Lipinski definition) is 1. The van der Waals surface area contributed by atoms with Crippen LogP contribution in [0.1, 0.15) is 0 Å². The lowest BCUT2D eigenvalue weighted by Crippen LogP contribution is -1.91. The first kappa shape index (κ1) is 11.8. The predicted molar refractivity (Wildman–Crippen MR) is 74.4 cm³/mol. The summed E-state index contributed by atoms with van der Waals surface area (Å²) in [5.41, 5.74) is 8.05. The van der Waals surface area contributed by atoms with Crippen molar-refractivity contribution in [1.82, 2.24) is 14.6 Å². The van der Waals surface area contributed by atoms with Crippen LogP contribution in [-0.4, -0.2) is 21.7 Å². The Morgan fingerprint density at radius 2 is 2.11 bits per heavy atom. The summed E-state index contributed by atoms with van der Waals surface area (Å²) in [6, 6.07) is 9.39. The largest absolute Gasteiger partial charge is 0.495 e. The van der Waals surface area contributed by atoms with Crippen LogP contribution in [0.15, 0.2) is 36.5 Å². The summed E-state index contributed by atoms with van der Waals surface area (Å²) < 4.78 is 6.84. The van der Waals surface area contributed by atoms with Crippen molar-refractivity contribution in [2.75, 3.05) is 12.8 Å². The van der Waals surface area contributed by atoms with E-state index in [1.807, 2.05) is 36.5 Å². The van der Waals surface area contributed by atoms with E-state index in [0.717, 1.165) is 11.1 Å². The highest BCUT2D eigenvalue weighted by molar-refractivity contribution is 6.34. The molecular weight excluding hydrogens is 264 g/mol. The summed E-state index contributed by atoms with van der Waals surface area (Å²) in [6.45, 7) is 0. The van der Waals surface area contributed by atoms with E-state index in [1.54, 1.807) is 11.6 Å². The lowest BCUT2D eigenvalue weighted by molar-refractivity contribution is 0.415. The highest BCUT2D eigenvalue weighted by atomic mass is 35.5. The number of rotatable bonds is 2. The van der Waals surface area contributed by atoms with Crippen LogP contribution in [0.25, 0.3) is 16.8 Å². The number of methoxy groups -OCH3 is 1. The van der Waals surface area contributed by atoms with Crippen LogP contribution in [0.3, 0.4) is 0 Å². The highest BCUT2D eigenvalue weighted by Crippen LogP contribution is 2.34. The molecule has 0 atom stereocenters. The number of nitrogen functional groups attached to an aromatic ring is 1. The second kappa shape index (κ2) is 4.44. The predicted octanol–water partition coefficient (Wildman–Crippen LogP) is 2.64. The van der Waals surface area contributed by atoms with Gasteiger partial charge in [0.25, 0.3) is 0 Å². The second-order valence-electron chi connectivity index (χ2n) is 4.01. The summed E-state index contributed by atoms with van der Waals surface area (Å²) in [6.07, 6.45) is 1.83. The van der Waals surface area contributed by atoms with Crippen LogP contribution in [-0.2, 0) is 0 Å². The topological polar surface area (TPSA) is 65.4 Å². The molecule has 0 spiro atoms. The molecule has 0 saturated heterocycles. The molecule has 0 aliphatic heterocycles. The Bertz CT molecular complexity index is 753. The van der Waals surface area contributed by atoms with Crippen molar-refractivity contribution in [3.63, 3.8) is 0 Å². The molecule has 0 aliphatic carbocycles. The third kappa shape index (κ3) is 1.98. The Balaban J connectivity index is 2.18. The quantitative estimate of drug-likeness (QED) is 0.780. The fourth-order valence-electron chi connectivity index (χ4n) is 1.95. The molecule has 3 rings (SSSR count). The summed E-state index contributed by atoms with van der Waals surface area (Å²) >= 11 is 6.30. The molecule has 0 radical (unpaired) electrons. The lowest BCUT2D eigenvalue weighted by Gasteiger charge is -2.08. The third-order valence-corrected chi connectivity index (χ3v) is 3.23. The van der Waals surface area contributed by atoms with E-state index in [0.29, 0.717) is 16.4 Å². The molecule has 0 saturated carbocycles. The Kier molecular flexibility index (Phi) is 2.76. The highest BCUT2D eigenvalue weighted by Gasteiger charge is 2.10. The average Bonchev–Trinajstić information content (AvgIpc) is 2.78. The average molecular weight is 275 g/mol. The SMILES string of the molecule is COc1cccc(-c2ccc3nc(N)nn3c2)c1Cl. The Morgan fingerprint density at radius 1 is 1.26 bits per heavy atom.